The molecule has 1 aromatic carbocycles. The average molecular weight is 206 g/mol. The Morgan fingerprint density at radius 1 is 1.40 bits per heavy atom. The molecule has 0 aromatic heterocycles. The molecule has 3 heteroatoms. The largest absolute Gasteiger partial charge is 0.513 e. The van der Waals surface area contributed by atoms with E-state index < -0.39 is 6.16 Å². The van der Waals surface area contributed by atoms with E-state index in [1.807, 2.05) is 19.1 Å². The number of rotatable bonds is 3. The molecule has 0 unspecified atom stereocenters. The van der Waals surface area contributed by atoms with E-state index in [2.05, 4.69) is 11.3 Å². The maximum absolute atomic E-state index is 11.1. The van der Waals surface area contributed by atoms with Crippen LogP contribution in [0.4, 0.5) is 4.79 Å². The predicted molar refractivity (Wildman–Crippen MR) is 58.8 cm³/mol. The Kier molecular flexibility index (Phi) is 3.92. The van der Waals surface area contributed by atoms with Crippen molar-refractivity contribution in [2.24, 2.45) is 0 Å². The first-order chi connectivity index (χ1) is 7.15. The highest BCUT2D eigenvalue weighted by Crippen LogP contribution is 2.24. The molecule has 0 aliphatic heterocycles. The third-order valence-electron chi connectivity index (χ3n) is 1.80. The van der Waals surface area contributed by atoms with Crippen molar-refractivity contribution in [3.05, 3.63) is 36.4 Å². The molecule has 0 aliphatic carbocycles. The Balaban J connectivity index is 2.84. The first kappa shape index (κ1) is 11.3. The summed E-state index contributed by atoms with van der Waals surface area (Å²) < 4.78 is 9.71. The van der Waals surface area contributed by atoms with Gasteiger partial charge in [0, 0.05) is 5.56 Å². The number of para-hydroxylation sites is 1. The predicted octanol–water partition coefficient (Wildman–Crippen LogP) is 3.26. The summed E-state index contributed by atoms with van der Waals surface area (Å²) >= 11 is 0. The lowest BCUT2D eigenvalue weighted by Crippen LogP contribution is -2.10. The fourth-order valence-electron chi connectivity index (χ4n) is 1.15. The maximum Gasteiger partial charge on any atom is 0.513 e. The van der Waals surface area contributed by atoms with Gasteiger partial charge in [0.25, 0.3) is 0 Å². The van der Waals surface area contributed by atoms with Gasteiger partial charge in [-0.3, -0.25) is 0 Å². The average Bonchev–Trinajstić information content (AvgIpc) is 2.18. The number of hydrogen-bond acceptors (Lipinski definition) is 3. The van der Waals surface area contributed by atoms with Crippen molar-refractivity contribution in [2.75, 3.05) is 6.61 Å². The van der Waals surface area contributed by atoms with E-state index in [9.17, 15) is 4.79 Å². The van der Waals surface area contributed by atoms with Gasteiger partial charge in [-0.25, -0.2) is 4.79 Å². The summed E-state index contributed by atoms with van der Waals surface area (Å²) in [5.41, 5.74) is 1.65. The number of allylic oxidation sites excluding steroid dienone is 1. The molecule has 15 heavy (non-hydrogen) atoms. The molecule has 0 saturated heterocycles. The summed E-state index contributed by atoms with van der Waals surface area (Å²) in [5, 5.41) is 0. The zero-order valence-electron chi connectivity index (χ0n) is 8.95. The van der Waals surface area contributed by atoms with Crippen LogP contribution in [-0.4, -0.2) is 12.8 Å². The number of hydrogen-bond donors (Lipinski definition) is 0. The minimum Gasteiger partial charge on any atom is -0.434 e. The molecule has 0 amide bonds. The second-order valence-corrected chi connectivity index (χ2v) is 3.06. The van der Waals surface area contributed by atoms with E-state index in [0.717, 1.165) is 11.1 Å². The van der Waals surface area contributed by atoms with Crippen molar-refractivity contribution in [3.8, 4) is 5.75 Å². The smallest absolute Gasteiger partial charge is 0.434 e. The first-order valence-corrected chi connectivity index (χ1v) is 4.74. The summed E-state index contributed by atoms with van der Waals surface area (Å²) in [7, 11) is 0. The van der Waals surface area contributed by atoms with Gasteiger partial charge in [0.15, 0.2) is 0 Å². The third-order valence-corrected chi connectivity index (χ3v) is 1.80. The molecule has 0 bridgehead atoms. The second kappa shape index (κ2) is 5.20. The Labute approximate surface area is 89.3 Å². The van der Waals surface area contributed by atoms with Crippen molar-refractivity contribution in [2.45, 2.75) is 13.8 Å². The van der Waals surface area contributed by atoms with Gasteiger partial charge in [-0.05, 0) is 25.5 Å². The topological polar surface area (TPSA) is 35.5 Å². The van der Waals surface area contributed by atoms with Gasteiger partial charge >= 0.3 is 6.16 Å². The number of carbonyl (C=O) groups is 1. The minimum atomic E-state index is -0.689. The van der Waals surface area contributed by atoms with E-state index >= 15 is 0 Å². The number of carbonyl (C=O) groups excluding carboxylic acids is 1. The number of ether oxygens (including phenoxy) is 2. The van der Waals surface area contributed by atoms with Crippen LogP contribution in [0.25, 0.3) is 5.57 Å². The fourth-order valence-corrected chi connectivity index (χ4v) is 1.15. The lowest BCUT2D eigenvalue weighted by atomic mass is 10.1. The molecule has 0 heterocycles. The summed E-state index contributed by atoms with van der Waals surface area (Å²) in [6.07, 6.45) is -0.689. The lowest BCUT2D eigenvalue weighted by Gasteiger charge is -2.08. The van der Waals surface area contributed by atoms with Crippen LogP contribution >= 0.6 is 0 Å². The van der Waals surface area contributed by atoms with Gasteiger partial charge in [-0.15, -0.1) is 0 Å². The monoisotopic (exact) mass is 206 g/mol. The number of benzene rings is 1. The van der Waals surface area contributed by atoms with Gasteiger partial charge in [0.2, 0.25) is 0 Å². The van der Waals surface area contributed by atoms with Crippen molar-refractivity contribution >= 4 is 11.7 Å². The van der Waals surface area contributed by atoms with E-state index in [1.54, 1.807) is 19.1 Å². The molecule has 3 nitrogen and oxygen atoms in total. The Hall–Kier alpha value is -1.77. The minimum absolute atomic E-state index is 0.300. The second-order valence-electron chi connectivity index (χ2n) is 3.06. The third kappa shape index (κ3) is 3.13. The van der Waals surface area contributed by atoms with E-state index in [0.29, 0.717) is 12.4 Å². The standard InChI is InChI=1S/C12H14O3/c1-4-14-12(13)15-11-8-6-5-7-10(11)9(2)3/h5-8H,2,4H2,1,3H3. The van der Waals surface area contributed by atoms with E-state index in [1.165, 1.54) is 0 Å². The highest BCUT2D eigenvalue weighted by atomic mass is 16.7. The van der Waals surface area contributed by atoms with Crippen LogP contribution in [0.3, 0.4) is 0 Å². The highest BCUT2D eigenvalue weighted by molar-refractivity contribution is 5.71. The molecule has 0 aliphatic rings. The van der Waals surface area contributed by atoms with E-state index in [4.69, 9.17) is 4.74 Å². The fraction of sp³-hybridized carbons (Fsp3) is 0.250. The summed E-state index contributed by atoms with van der Waals surface area (Å²) in [5.74, 6) is 0.475. The molecule has 0 saturated carbocycles. The van der Waals surface area contributed by atoms with Gasteiger partial charge in [0.1, 0.15) is 5.75 Å². The van der Waals surface area contributed by atoms with Crippen molar-refractivity contribution in [1.29, 1.82) is 0 Å². The van der Waals surface area contributed by atoms with Crippen molar-refractivity contribution in [3.63, 3.8) is 0 Å². The van der Waals surface area contributed by atoms with Crippen LogP contribution in [0.2, 0.25) is 0 Å². The molecular formula is C12H14O3. The maximum atomic E-state index is 11.1. The molecule has 1 aromatic rings. The molecular weight excluding hydrogens is 192 g/mol. The lowest BCUT2D eigenvalue weighted by molar-refractivity contribution is 0.104. The highest BCUT2D eigenvalue weighted by Gasteiger charge is 2.09. The SMILES string of the molecule is C=C(C)c1ccccc1OC(=O)OCC. The Bertz CT molecular complexity index is 369. The summed E-state index contributed by atoms with van der Waals surface area (Å²) in [4.78, 5) is 11.1. The van der Waals surface area contributed by atoms with Crippen LogP contribution in [0, 0.1) is 0 Å². The van der Waals surface area contributed by atoms with Crippen LogP contribution in [0.15, 0.2) is 30.8 Å². The van der Waals surface area contributed by atoms with Crippen LogP contribution < -0.4 is 4.74 Å². The molecule has 80 valence electrons. The molecule has 0 spiro atoms. The van der Waals surface area contributed by atoms with E-state index in [-0.39, 0.29) is 0 Å². The summed E-state index contributed by atoms with van der Waals surface area (Å²) in [6.45, 7) is 7.69. The normalized spacial score (nSPS) is 9.47. The van der Waals surface area contributed by atoms with Gasteiger partial charge in [0.05, 0.1) is 6.61 Å². The molecule has 0 fully saturated rings. The van der Waals surface area contributed by atoms with Crippen LogP contribution in [0.1, 0.15) is 19.4 Å². The quantitative estimate of drug-likeness (QED) is 0.562. The van der Waals surface area contributed by atoms with Gasteiger partial charge < -0.3 is 9.47 Å². The zero-order chi connectivity index (χ0) is 11.3. The first-order valence-electron chi connectivity index (χ1n) is 4.74. The van der Waals surface area contributed by atoms with Crippen LogP contribution in [0.5, 0.6) is 5.75 Å². The Morgan fingerprint density at radius 2 is 2.07 bits per heavy atom. The molecule has 0 radical (unpaired) electrons. The molecule has 0 N–H and O–H groups in total. The van der Waals surface area contributed by atoms with Crippen LogP contribution in [-0.2, 0) is 4.74 Å². The van der Waals surface area contributed by atoms with Gasteiger partial charge in [-0.2, -0.15) is 0 Å². The van der Waals surface area contributed by atoms with Crippen molar-refractivity contribution in [1.82, 2.24) is 0 Å². The summed E-state index contributed by atoms with van der Waals surface area (Å²) in [6, 6.07) is 7.21. The zero-order valence-corrected chi connectivity index (χ0v) is 8.95. The van der Waals surface area contributed by atoms with Crippen molar-refractivity contribution < 1.29 is 14.3 Å². The van der Waals surface area contributed by atoms with Gasteiger partial charge in [-0.1, -0.05) is 24.8 Å². The molecule has 0 atom stereocenters. The molecule has 1 rings (SSSR count). The Morgan fingerprint density at radius 3 is 2.67 bits per heavy atom.